The van der Waals surface area contributed by atoms with Crippen molar-refractivity contribution in [3.8, 4) is 6.07 Å². The Labute approximate surface area is 111 Å². The van der Waals surface area contributed by atoms with Gasteiger partial charge in [0.05, 0.1) is 17.0 Å². The van der Waals surface area contributed by atoms with Gasteiger partial charge in [-0.2, -0.15) is 5.26 Å². The highest BCUT2D eigenvalue weighted by Crippen LogP contribution is 2.28. The van der Waals surface area contributed by atoms with E-state index in [0.717, 1.165) is 5.56 Å². The first kappa shape index (κ1) is 14.0. The molecular weight excluding hydrogens is 256 g/mol. The molecule has 17 heavy (non-hydrogen) atoms. The highest BCUT2D eigenvalue weighted by molar-refractivity contribution is 7.13. The molecule has 1 atom stereocenters. The van der Waals surface area contributed by atoms with Crippen LogP contribution in [0.25, 0.3) is 0 Å². The lowest BCUT2D eigenvalue weighted by molar-refractivity contribution is 0.0757. The van der Waals surface area contributed by atoms with Crippen molar-refractivity contribution >= 4 is 28.8 Å². The van der Waals surface area contributed by atoms with Crippen molar-refractivity contribution in [1.29, 1.82) is 5.26 Å². The van der Waals surface area contributed by atoms with Gasteiger partial charge in [-0.25, -0.2) is 0 Å². The first-order valence-corrected chi connectivity index (χ1v) is 6.69. The number of carbonyl (C=O) groups is 1. The van der Waals surface area contributed by atoms with E-state index < -0.39 is 0 Å². The Morgan fingerprint density at radius 3 is 2.76 bits per heavy atom. The molecule has 0 N–H and O–H groups in total. The maximum absolute atomic E-state index is 12.2. The molecule has 3 nitrogen and oxygen atoms in total. The molecule has 0 saturated carbocycles. The van der Waals surface area contributed by atoms with Gasteiger partial charge in [-0.05, 0) is 31.7 Å². The fourth-order valence-electron chi connectivity index (χ4n) is 1.44. The summed E-state index contributed by atoms with van der Waals surface area (Å²) in [4.78, 5) is 14.4. The molecule has 1 aromatic rings. The standard InChI is InChI=1S/C12H15ClN2OS/c1-4-15(6-8(2)5-14)12(16)11-10(13)9(3)7-17-11/h7-8H,4,6H2,1-3H3. The van der Waals surface area contributed by atoms with Gasteiger partial charge in [-0.3, -0.25) is 4.79 Å². The van der Waals surface area contributed by atoms with Crippen LogP contribution in [0.5, 0.6) is 0 Å². The van der Waals surface area contributed by atoms with E-state index in [-0.39, 0.29) is 11.8 Å². The van der Waals surface area contributed by atoms with Crippen molar-refractivity contribution < 1.29 is 4.79 Å². The fraction of sp³-hybridized carbons (Fsp3) is 0.500. The van der Waals surface area contributed by atoms with Gasteiger partial charge in [0.1, 0.15) is 4.88 Å². The lowest BCUT2D eigenvalue weighted by Crippen LogP contribution is -2.34. The summed E-state index contributed by atoms with van der Waals surface area (Å²) in [5.74, 6) is -0.253. The average molecular weight is 271 g/mol. The quantitative estimate of drug-likeness (QED) is 0.842. The number of rotatable bonds is 4. The van der Waals surface area contributed by atoms with Crippen LogP contribution in [-0.4, -0.2) is 23.9 Å². The van der Waals surface area contributed by atoms with E-state index in [4.69, 9.17) is 16.9 Å². The summed E-state index contributed by atoms with van der Waals surface area (Å²) in [6.07, 6.45) is 0. The Kier molecular flexibility index (Phi) is 4.98. The van der Waals surface area contributed by atoms with Crippen LogP contribution < -0.4 is 0 Å². The summed E-state index contributed by atoms with van der Waals surface area (Å²) >= 11 is 7.43. The van der Waals surface area contributed by atoms with Gasteiger partial charge in [0.2, 0.25) is 0 Å². The fourth-order valence-corrected chi connectivity index (χ4v) is 2.69. The lowest BCUT2D eigenvalue weighted by Gasteiger charge is -2.21. The molecule has 1 rings (SSSR count). The molecule has 0 radical (unpaired) electrons. The van der Waals surface area contributed by atoms with Crippen molar-refractivity contribution in [3.63, 3.8) is 0 Å². The molecule has 0 fully saturated rings. The van der Waals surface area contributed by atoms with Gasteiger partial charge >= 0.3 is 0 Å². The Morgan fingerprint density at radius 2 is 2.35 bits per heavy atom. The Morgan fingerprint density at radius 1 is 1.71 bits per heavy atom. The number of carbonyl (C=O) groups excluding carboxylic acids is 1. The van der Waals surface area contributed by atoms with E-state index in [9.17, 15) is 4.79 Å². The summed E-state index contributed by atoms with van der Waals surface area (Å²) in [7, 11) is 0. The van der Waals surface area contributed by atoms with Crippen LogP contribution in [0.3, 0.4) is 0 Å². The van der Waals surface area contributed by atoms with E-state index >= 15 is 0 Å². The minimum absolute atomic E-state index is 0.0855. The summed E-state index contributed by atoms with van der Waals surface area (Å²) in [5, 5.41) is 11.2. The highest BCUT2D eigenvalue weighted by Gasteiger charge is 2.21. The second-order valence-electron chi connectivity index (χ2n) is 3.94. The summed E-state index contributed by atoms with van der Waals surface area (Å²) in [5.41, 5.74) is 0.921. The third-order valence-corrected chi connectivity index (χ3v) is 4.16. The Hall–Kier alpha value is -1.05. The van der Waals surface area contributed by atoms with E-state index in [1.807, 2.05) is 19.2 Å². The van der Waals surface area contributed by atoms with Gasteiger partial charge in [0, 0.05) is 13.1 Å². The van der Waals surface area contributed by atoms with E-state index in [1.165, 1.54) is 11.3 Å². The van der Waals surface area contributed by atoms with Crippen molar-refractivity contribution in [2.45, 2.75) is 20.8 Å². The van der Waals surface area contributed by atoms with Gasteiger partial charge in [-0.1, -0.05) is 11.6 Å². The zero-order valence-corrected chi connectivity index (χ0v) is 11.7. The number of nitrogens with zero attached hydrogens (tertiary/aromatic N) is 2. The largest absolute Gasteiger partial charge is 0.337 e. The molecular formula is C12H15ClN2OS. The highest BCUT2D eigenvalue weighted by atomic mass is 35.5. The van der Waals surface area contributed by atoms with Crippen molar-refractivity contribution in [1.82, 2.24) is 4.90 Å². The number of amides is 1. The predicted octanol–water partition coefficient (Wildman–Crippen LogP) is 3.33. The Balaban J connectivity index is 2.87. The van der Waals surface area contributed by atoms with Gasteiger partial charge in [0.25, 0.3) is 5.91 Å². The molecule has 0 aliphatic heterocycles. The third-order valence-electron chi connectivity index (χ3n) is 2.48. The van der Waals surface area contributed by atoms with Gasteiger partial charge in [-0.15, -0.1) is 11.3 Å². The van der Waals surface area contributed by atoms with E-state index in [1.54, 1.807) is 11.8 Å². The summed E-state index contributed by atoms with van der Waals surface area (Å²) < 4.78 is 0. The summed E-state index contributed by atoms with van der Waals surface area (Å²) in [6, 6.07) is 2.13. The molecule has 0 aliphatic carbocycles. The van der Waals surface area contributed by atoms with E-state index in [2.05, 4.69) is 6.07 Å². The maximum Gasteiger partial charge on any atom is 0.265 e. The number of nitriles is 1. The molecule has 1 aromatic heterocycles. The minimum atomic E-state index is -0.168. The first-order chi connectivity index (χ1) is 8.01. The molecule has 0 aliphatic rings. The van der Waals surface area contributed by atoms with Gasteiger partial charge < -0.3 is 4.90 Å². The van der Waals surface area contributed by atoms with Crippen LogP contribution in [0.1, 0.15) is 29.1 Å². The van der Waals surface area contributed by atoms with Gasteiger partial charge in [0.15, 0.2) is 0 Å². The van der Waals surface area contributed by atoms with Crippen LogP contribution in [0, 0.1) is 24.2 Å². The molecule has 5 heteroatoms. The lowest BCUT2D eigenvalue weighted by atomic mass is 10.2. The number of thiophene rings is 1. The van der Waals surface area contributed by atoms with Crippen molar-refractivity contribution in [2.24, 2.45) is 5.92 Å². The molecule has 92 valence electrons. The second kappa shape index (κ2) is 6.04. The molecule has 1 amide bonds. The average Bonchev–Trinajstić information content (AvgIpc) is 2.66. The zero-order valence-electron chi connectivity index (χ0n) is 10.2. The monoisotopic (exact) mass is 270 g/mol. The molecule has 1 heterocycles. The maximum atomic E-state index is 12.2. The number of halogens is 1. The second-order valence-corrected chi connectivity index (χ2v) is 5.19. The van der Waals surface area contributed by atoms with Crippen LogP contribution in [0.4, 0.5) is 0 Å². The number of aryl methyl sites for hydroxylation is 1. The number of hydrogen-bond donors (Lipinski definition) is 0. The SMILES string of the molecule is CCN(CC(C)C#N)C(=O)c1scc(C)c1Cl. The zero-order chi connectivity index (χ0) is 13.0. The molecule has 1 unspecified atom stereocenters. The minimum Gasteiger partial charge on any atom is -0.337 e. The van der Waals surface area contributed by atoms with Crippen LogP contribution in [0.2, 0.25) is 5.02 Å². The summed E-state index contributed by atoms with van der Waals surface area (Å²) in [6.45, 7) is 6.61. The van der Waals surface area contributed by atoms with E-state index in [0.29, 0.717) is 23.0 Å². The smallest absolute Gasteiger partial charge is 0.265 e. The topological polar surface area (TPSA) is 44.1 Å². The van der Waals surface area contributed by atoms with Crippen LogP contribution >= 0.6 is 22.9 Å². The molecule has 0 saturated heterocycles. The van der Waals surface area contributed by atoms with Crippen LogP contribution in [0.15, 0.2) is 5.38 Å². The predicted molar refractivity (Wildman–Crippen MR) is 70.4 cm³/mol. The number of hydrogen-bond acceptors (Lipinski definition) is 3. The normalized spacial score (nSPS) is 11.9. The first-order valence-electron chi connectivity index (χ1n) is 5.43. The molecule has 0 aromatic carbocycles. The van der Waals surface area contributed by atoms with Crippen LogP contribution in [-0.2, 0) is 0 Å². The molecule has 0 bridgehead atoms. The Bertz CT molecular complexity index is 450. The third kappa shape index (κ3) is 3.21. The molecule has 0 spiro atoms. The van der Waals surface area contributed by atoms with Crippen molar-refractivity contribution in [2.75, 3.05) is 13.1 Å². The van der Waals surface area contributed by atoms with Crippen molar-refractivity contribution in [3.05, 3.63) is 20.8 Å².